The molecule has 2 nitrogen and oxygen atoms in total. The molecule has 2 rings (SSSR count). The van der Waals surface area contributed by atoms with Crippen molar-refractivity contribution in [3.63, 3.8) is 0 Å². The molecule has 1 aromatic rings. The lowest BCUT2D eigenvalue weighted by molar-refractivity contribution is 0.353. The molecule has 12 heavy (non-hydrogen) atoms. The van der Waals surface area contributed by atoms with Gasteiger partial charge in [0.1, 0.15) is 0 Å². The summed E-state index contributed by atoms with van der Waals surface area (Å²) in [5.74, 6) is 0. The Morgan fingerprint density at radius 3 is 2.67 bits per heavy atom. The van der Waals surface area contributed by atoms with Gasteiger partial charge in [0, 0.05) is 23.8 Å². The Morgan fingerprint density at radius 1 is 1.33 bits per heavy atom. The van der Waals surface area contributed by atoms with Crippen LogP contribution >= 0.6 is 11.6 Å². The highest BCUT2D eigenvalue weighted by Gasteiger charge is 2.19. The minimum atomic E-state index is 0.837. The summed E-state index contributed by atoms with van der Waals surface area (Å²) in [5.41, 5.74) is 9.07. The fourth-order valence-corrected chi connectivity index (χ4v) is 1.87. The summed E-state index contributed by atoms with van der Waals surface area (Å²) in [6, 6.07) is 3.75. The molecular formula is C9H11ClN2. The standard InChI is InChI=1S/C9H11ClN2/c1-12-4-6-7(5-12)9(11)3-2-8(6)10/h2-3H,4-5,11H2,1H3. The van der Waals surface area contributed by atoms with Crippen molar-refractivity contribution in [2.24, 2.45) is 0 Å². The van der Waals surface area contributed by atoms with E-state index in [1.54, 1.807) is 0 Å². The van der Waals surface area contributed by atoms with E-state index in [2.05, 4.69) is 11.9 Å². The van der Waals surface area contributed by atoms with E-state index in [4.69, 9.17) is 17.3 Å². The average molecular weight is 183 g/mol. The lowest BCUT2D eigenvalue weighted by atomic mass is 10.1. The fraction of sp³-hybridized carbons (Fsp3) is 0.333. The maximum atomic E-state index is 6.02. The minimum Gasteiger partial charge on any atom is -0.398 e. The molecule has 0 unspecified atom stereocenters. The van der Waals surface area contributed by atoms with Gasteiger partial charge in [-0.05, 0) is 30.3 Å². The Bertz CT molecular complexity index is 292. The number of rotatable bonds is 0. The third kappa shape index (κ3) is 1.08. The van der Waals surface area contributed by atoms with Crippen LogP contribution in [0, 0.1) is 0 Å². The second kappa shape index (κ2) is 2.64. The van der Waals surface area contributed by atoms with Crippen LogP contribution in [0.3, 0.4) is 0 Å². The number of nitrogens with two attached hydrogens (primary N) is 1. The number of benzene rings is 1. The summed E-state index contributed by atoms with van der Waals surface area (Å²) in [6.07, 6.45) is 0. The van der Waals surface area contributed by atoms with Crippen LogP contribution in [0.1, 0.15) is 11.1 Å². The van der Waals surface area contributed by atoms with Gasteiger partial charge in [-0.1, -0.05) is 11.6 Å². The smallest absolute Gasteiger partial charge is 0.0455 e. The van der Waals surface area contributed by atoms with E-state index in [1.165, 1.54) is 11.1 Å². The summed E-state index contributed by atoms with van der Waals surface area (Å²) in [5, 5.41) is 0.837. The molecule has 0 atom stereocenters. The van der Waals surface area contributed by atoms with Gasteiger partial charge in [-0.25, -0.2) is 0 Å². The molecule has 0 aliphatic carbocycles. The fourth-order valence-electron chi connectivity index (χ4n) is 1.64. The number of fused-ring (bicyclic) bond motifs is 1. The van der Waals surface area contributed by atoms with Crippen molar-refractivity contribution in [3.8, 4) is 0 Å². The van der Waals surface area contributed by atoms with Crippen molar-refractivity contribution < 1.29 is 0 Å². The molecular weight excluding hydrogens is 172 g/mol. The molecule has 3 heteroatoms. The second-order valence-corrected chi connectivity index (χ2v) is 3.67. The van der Waals surface area contributed by atoms with Gasteiger partial charge in [-0.2, -0.15) is 0 Å². The van der Waals surface area contributed by atoms with Crippen molar-refractivity contribution in [1.82, 2.24) is 4.90 Å². The second-order valence-electron chi connectivity index (χ2n) is 3.27. The van der Waals surface area contributed by atoms with E-state index in [0.717, 1.165) is 23.8 Å². The zero-order valence-electron chi connectivity index (χ0n) is 6.97. The molecule has 0 aromatic heterocycles. The van der Waals surface area contributed by atoms with Gasteiger partial charge in [0.05, 0.1) is 0 Å². The number of hydrogen-bond acceptors (Lipinski definition) is 2. The Hall–Kier alpha value is -0.730. The van der Waals surface area contributed by atoms with Gasteiger partial charge in [0.25, 0.3) is 0 Å². The molecule has 1 aliphatic rings. The summed E-state index contributed by atoms with van der Waals surface area (Å²) in [7, 11) is 2.07. The first-order chi connectivity index (χ1) is 5.68. The zero-order chi connectivity index (χ0) is 8.72. The Kier molecular flexibility index (Phi) is 1.74. The number of hydrogen-bond donors (Lipinski definition) is 1. The van der Waals surface area contributed by atoms with E-state index >= 15 is 0 Å². The van der Waals surface area contributed by atoms with Crippen LogP contribution in [0.5, 0.6) is 0 Å². The van der Waals surface area contributed by atoms with Crippen LogP contribution in [0.25, 0.3) is 0 Å². The molecule has 1 heterocycles. The third-order valence-electron chi connectivity index (χ3n) is 2.27. The van der Waals surface area contributed by atoms with E-state index in [0.29, 0.717) is 0 Å². The summed E-state index contributed by atoms with van der Waals surface area (Å²) >= 11 is 6.02. The third-order valence-corrected chi connectivity index (χ3v) is 2.62. The van der Waals surface area contributed by atoms with Crippen molar-refractivity contribution >= 4 is 17.3 Å². The molecule has 1 aromatic carbocycles. The van der Waals surface area contributed by atoms with Gasteiger partial charge in [-0.15, -0.1) is 0 Å². The van der Waals surface area contributed by atoms with Crippen molar-refractivity contribution in [3.05, 3.63) is 28.3 Å². The monoisotopic (exact) mass is 182 g/mol. The van der Waals surface area contributed by atoms with Gasteiger partial charge >= 0.3 is 0 Å². The normalized spacial score (nSPS) is 16.5. The molecule has 0 fully saturated rings. The summed E-state index contributed by atoms with van der Waals surface area (Å²) < 4.78 is 0. The predicted molar refractivity (Wildman–Crippen MR) is 51.0 cm³/mol. The molecule has 1 aliphatic heterocycles. The van der Waals surface area contributed by atoms with Gasteiger partial charge in [0.2, 0.25) is 0 Å². The summed E-state index contributed by atoms with van der Waals surface area (Å²) in [6.45, 7) is 1.83. The van der Waals surface area contributed by atoms with E-state index in [-0.39, 0.29) is 0 Å². The molecule has 0 bridgehead atoms. The Morgan fingerprint density at radius 2 is 2.00 bits per heavy atom. The van der Waals surface area contributed by atoms with Crippen LogP contribution < -0.4 is 5.73 Å². The average Bonchev–Trinajstić information content (AvgIpc) is 2.41. The molecule has 64 valence electrons. The van der Waals surface area contributed by atoms with Crippen molar-refractivity contribution in [2.45, 2.75) is 13.1 Å². The number of nitrogen functional groups attached to an aromatic ring is 1. The minimum absolute atomic E-state index is 0.837. The first-order valence-electron chi connectivity index (χ1n) is 3.93. The van der Waals surface area contributed by atoms with E-state index in [9.17, 15) is 0 Å². The van der Waals surface area contributed by atoms with Crippen LogP contribution in [-0.4, -0.2) is 11.9 Å². The molecule has 0 spiro atoms. The maximum absolute atomic E-state index is 6.02. The van der Waals surface area contributed by atoms with Gasteiger partial charge in [-0.3, -0.25) is 4.90 Å². The zero-order valence-corrected chi connectivity index (χ0v) is 7.73. The van der Waals surface area contributed by atoms with Crippen LogP contribution in [-0.2, 0) is 13.1 Å². The number of halogens is 1. The lowest BCUT2D eigenvalue weighted by Gasteiger charge is -2.03. The maximum Gasteiger partial charge on any atom is 0.0455 e. The highest BCUT2D eigenvalue weighted by molar-refractivity contribution is 6.31. The molecule has 2 N–H and O–H groups in total. The highest BCUT2D eigenvalue weighted by atomic mass is 35.5. The first kappa shape index (κ1) is 7.90. The SMILES string of the molecule is CN1Cc2c(N)ccc(Cl)c2C1. The Balaban J connectivity index is 2.56. The number of nitrogens with zero attached hydrogens (tertiary/aromatic N) is 1. The van der Waals surface area contributed by atoms with Crippen molar-refractivity contribution in [2.75, 3.05) is 12.8 Å². The van der Waals surface area contributed by atoms with Crippen molar-refractivity contribution in [1.29, 1.82) is 0 Å². The van der Waals surface area contributed by atoms with Crippen LogP contribution in [0.4, 0.5) is 5.69 Å². The highest BCUT2D eigenvalue weighted by Crippen LogP contribution is 2.31. The topological polar surface area (TPSA) is 29.3 Å². The van der Waals surface area contributed by atoms with E-state index < -0.39 is 0 Å². The van der Waals surface area contributed by atoms with Crippen LogP contribution in [0.2, 0.25) is 5.02 Å². The van der Waals surface area contributed by atoms with E-state index in [1.807, 2.05) is 12.1 Å². The Labute approximate surface area is 76.9 Å². The van der Waals surface area contributed by atoms with Crippen LogP contribution in [0.15, 0.2) is 12.1 Å². The molecule has 0 saturated carbocycles. The molecule has 0 radical (unpaired) electrons. The van der Waals surface area contributed by atoms with Gasteiger partial charge < -0.3 is 5.73 Å². The lowest BCUT2D eigenvalue weighted by Crippen LogP contribution is -2.07. The van der Waals surface area contributed by atoms with Gasteiger partial charge in [0.15, 0.2) is 0 Å². The first-order valence-corrected chi connectivity index (χ1v) is 4.30. The molecule has 0 amide bonds. The summed E-state index contributed by atoms with van der Waals surface area (Å²) in [4.78, 5) is 2.20. The quantitative estimate of drug-likeness (QED) is 0.621. The molecule has 0 saturated heterocycles. The predicted octanol–water partition coefficient (Wildman–Crippen LogP) is 1.87. The number of anilines is 1. The largest absolute Gasteiger partial charge is 0.398 e.